The number of rotatable bonds is 6. The van der Waals surface area contributed by atoms with Gasteiger partial charge in [-0.05, 0) is 52.5 Å². The average Bonchev–Trinajstić information content (AvgIpc) is 2.83. The summed E-state index contributed by atoms with van der Waals surface area (Å²) in [5.74, 6) is -0.00395. The van der Waals surface area contributed by atoms with E-state index in [9.17, 15) is 4.79 Å². The molecule has 1 heterocycles. The minimum absolute atomic E-state index is 0.179. The first-order chi connectivity index (χ1) is 9.61. The zero-order valence-electron chi connectivity index (χ0n) is 10.8. The van der Waals surface area contributed by atoms with Crippen molar-refractivity contribution in [1.82, 2.24) is 0 Å². The summed E-state index contributed by atoms with van der Waals surface area (Å²) in [5, 5.41) is 11.0. The fourth-order valence-electron chi connectivity index (χ4n) is 1.60. The SMILES string of the molecule is CCOc1cc(C(=O)O)ccc1OCc1sccc1Br. The molecule has 0 bridgehead atoms. The molecule has 6 heteroatoms. The summed E-state index contributed by atoms with van der Waals surface area (Å²) in [7, 11) is 0. The molecule has 2 aromatic rings. The molecular weight excluding hydrogens is 344 g/mol. The van der Waals surface area contributed by atoms with Crippen LogP contribution in [0, 0.1) is 0 Å². The molecule has 0 saturated carbocycles. The van der Waals surface area contributed by atoms with Crippen LogP contribution in [0.3, 0.4) is 0 Å². The van der Waals surface area contributed by atoms with Crippen LogP contribution in [0.1, 0.15) is 22.2 Å². The highest BCUT2D eigenvalue weighted by atomic mass is 79.9. The van der Waals surface area contributed by atoms with Gasteiger partial charge in [0.15, 0.2) is 11.5 Å². The molecule has 0 saturated heterocycles. The first-order valence-corrected chi connectivity index (χ1v) is 7.64. The summed E-state index contributed by atoms with van der Waals surface area (Å²) in [6, 6.07) is 6.56. The van der Waals surface area contributed by atoms with Crippen molar-refractivity contribution in [2.75, 3.05) is 6.61 Å². The third-order valence-electron chi connectivity index (χ3n) is 2.54. The van der Waals surface area contributed by atoms with E-state index in [1.165, 1.54) is 12.1 Å². The first-order valence-electron chi connectivity index (χ1n) is 5.96. The van der Waals surface area contributed by atoms with Crippen molar-refractivity contribution >= 4 is 33.2 Å². The molecule has 20 heavy (non-hydrogen) atoms. The lowest BCUT2D eigenvalue weighted by Crippen LogP contribution is -2.02. The van der Waals surface area contributed by atoms with Crippen molar-refractivity contribution in [3.8, 4) is 11.5 Å². The van der Waals surface area contributed by atoms with Crippen LogP contribution in [0.4, 0.5) is 0 Å². The molecule has 0 radical (unpaired) electrons. The van der Waals surface area contributed by atoms with Crippen molar-refractivity contribution in [1.29, 1.82) is 0 Å². The predicted octanol–water partition coefficient (Wildman–Crippen LogP) is 4.19. The molecule has 0 aliphatic heterocycles. The van der Waals surface area contributed by atoms with Gasteiger partial charge >= 0.3 is 5.97 Å². The molecule has 1 N–H and O–H groups in total. The van der Waals surface area contributed by atoms with Gasteiger partial charge in [-0.3, -0.25) is 0 Å². The third kappa shape index (κ3) is 3.52. The minimum Gasteiger partial charge on any atom is -0.490 e. The van der Waals surface area contributed by atoms with E-state index < -0.39 is 5.97 Å². The first kappa shape index (κ1) is 14.9. The van der Waals surface area contributed by atoms with E-state index in [4.69, 9.17) is 14.6 Å². The Hall–Kier alpha value is -1.53. The van der Waals surface area contributed by atoms with E-state index in [-0.39, 0.29) is 5.56 Å². The van der Waals surface area contributed by atoms with Gasteiger partial charge in [-0.15, -0.1) is 11.3 Å². The molecule has 0 aliphatic carbocycles. The van der Waals surface area contributed by atoms with Crippen LogP contribution in [-0.4, -0.2) is 17.7 Å². The monoisotopic (exact) mass is 356 g/mol. The Morgan fingerprint density at radius 3 is 2.70 bits per heavy atom. The van der Waals surface area contributed by atoms with Crippen LogP contribution in [-0.2, 0) is 6.61 Å². The van der Waals surface area contributed by atoms with Crippen LogP contribution in [0.2, 0.25) is 0 Å². The van der Waals surface area contributed by atoms with Crippen LogP contribution >= 0.6 is 27.3 Å². The van der Waals surface area contributed by atoms with E-state index in [0.29, 0.717) is 24.7 Å². The highest BCUT2D eigenvalue weighted by molar-refractivity contribution is 9.10. The highest BCUT2D eigenvalue weighted by Gasteiger charge is 2.11. The summed E-state index contributed by atoms with van der Waals surface area (Å²) >= 11 is 5.03. The average molecular weight is 357 g/mol. The number of carbonyl (C=O) groups is 1. The van der Waals surface area contributed by atoms with Gasteiger partial charge in [-0.1, -0.05) is 0 Å². The number of carboxylic acid groups (broad SMARTS) is 1. The second kappa shape index (κ2) is 6.76. The Labute approximate surface area is 129 Å². The zero-order chi connectivity index (χ0) is 14.5. The molecule has 0 unspecified atom stereocenters. The van der Waals surface area contributed by atoms with Crippen molar-refractivity contribution in [2.45, 2.75) is 13.5 Å². The molecular formula is C14H13BrO4S. The van der Waals surface area contributed by atoms with Gasteiger partial charge in [-0.25, -0.2) is 4.79 Å². The Kier molecular flexibility index (Phi) is 5.03. The standard InChI is InChI=1S/C14H13BrO4S/c1-2-18-12-7-9(14(16)17)3-4-11(12)19-8-13-10(15)5-6-20-13/h3-7H,2,8H2,1H3,(H,16,17). The van der Waals surface area contributed by atoms with Gasteiger partial charge in [0.25, 0.3) is 0 Å². The molecule has 0 spiro atoms. The fraction of sp³-hybridized carbons (Fsp3) is 0.214. The van der Waals surface area contributed by atoms with Gasteiger partial charge in [0.1, 0.15) is 6.61 Å². The number of carboxylic acids is 1. The number of benzene rings is 1. The highest BCUT2D eigenvalue weighted by Crippen LogP contribution is 2.31. The number of hydrogen-bond acceptors (Lipinski definition) is 4. The summed E-state index contributed by atoms with van der Waals surface area (Å²) in [4.78, 5) is 12.0. The summed E-state index contributed by atoms with van der Waals surface area (Å²) in [6.45, 7) is 2.69. The molecule has 2 rings (SSSR count). The largest absolute Gasteiger partial charge is 0.490 e. The minimum atomic E-state index is -0.987. The maximum atomic E-state index is 11.0. The van der Waals surface area contributed by atoms with E-state index in [1.807, 2.05) is 18.4 Å². The number of aromatic carboxylic acids is 1. The Bertz CT molecular complexity index is 609. The Balaban J connectivity index is 2.17. The summed E-state index contributed by atoms with van der Waals surface area (Å²) < 4.78 is 12.1. The van der Waals surface area contributed by atoms with Crippen molar-refractivity contribution in [3.05, 3.63) is 44.6 Å². The van der Waals surface area contributed by atoms with Crippen molar-refractivity contribution in [2.24, 2.45) is 0 Å². The van der Waals surface area contributed by atoms with E-state index in [0.717, 1.165) is 9.35 Å². The molecule has 0 aliphatic rings. The van der Waals surface area contributed by atoms with Gasteiger partial charge in [0, 0.05) is 4.47 Å². The Morgan fingerprint density at radius 1 is 1.30 bits per heavy atom. The van der Waals surface area contributed by atoms with E-state index >= 15 is 0 Å². The molecule has 0 amide bonds. The molecule has 0 atom stereocenters. The molecule has 106 valence electrons. The number of hydrogen-bond donors (Lipinski definition) is 1. The maximum absolute atomic E-state index is 11.0. The number of halogens is 1. The predicted molar refractivity (Wildman–Crippen MR) is 80.9 cm³/mol. The molecule has 1 aromatic heterocycles. The second-order valence-corrected chi connectivity index (χ2v) is 5.74. The lowest BCUT2D eigenvalue weighted by Gasteiger charge is -2.12. The van der Waals surface area contributed by atoms with Gasteiger partial charge in [0.05, 0.1) is 17.0 Å². The van der Waals surface area contributed by atoms with Crippen LogP contribution in [0.5, 0.6) is 11.5 Å². The molecule has 1 aromatic carbocycles. The smallest absolute Gasteiger partial charge is 0.335 e. The topological polar surface area (TPSA) is 55.8 Å². The normalized spacial score (nSPS) is 10.3. The van der Waals surface area contributed by atoms with Crippen LogP contribution in [0.25, 0.3) is 0 Å². The molecule has 0 fully saturated rings. The lowest BCUT2D eigenvalue weighted by atomic mass is 10.2. The lowest BCUT2D eigenvalue weighted by molar-refractivity contribution is 0.0696. The van der Waals surface area contributed by atoms with Crippen LogP contribution in [0.15, 0.2) is 34.1 Å². The maximum Gasteiger partial charge on any atom is 0.335 e. The van der Waals surface area contributed by atoms with Gasteiger partial charge < -0.3 is 14.6 Å². The van der Waals surface area contributed by atoms with E-state index in [2.05, 4.69) is 15.9 Å². The third-order valence-corrected chi connectivity index (χ3v) is 4.44. The zero-order valence-corrected chi connectivity index (χ0v) is 13.2. The summed E-state index contributed by atoms with van der Waals surface area (Å²) in [5.41, 5.74) is 0.179. The van der Waals surface area contributed by atoms with Crippen LogP contribution < -0.4 is 9.47 Å². The number of thiophene rings is 1. The van der Waals surface area contributed by atoms with Crippen molar-refractivity contribution < 1.29 is 19.4 Å². The number of ether oxygens (including phenoxy) is 2. The van der Waals surface area contributed by atoms with Gasteiger partial charge in [0.2, 0.25) is 0 Å². The van der Waals surface area contributed by atoms with Gasteiger partial charge in [-0.2, -0.15) is 0 Å². The Morgan fingerprint density at radius 2 is 2.10 bits per heavy atom. The van der Waals surface area contributed by atoms with Crippen molar-refractivity contribution in [3.63, 3.8) is 0 Å². The quantitative estimate of drug-likeness (QED) is 0.843. The van der Waals surface area contributed by atoms with E-state index in [1.54, 1.807) is 17.4 Å². The fourth-order valence-corrected chi connectivity index (χ4v) is 2.98. The molecule has 4 nitrogen and oxygen atoms in total. The summed E-state index contributed by atoms with van der Waals surface area (Å²) in [6.07, 6.45) is 0. The second-order valence-electron chi connectivity index (χ2n) is 3.88.